The Morgan fingerprint density at radius 3 is 2.27 bits per heavy atom. The summed E-state index contributed by atoms with van der Waals surface area (Å²) in [6.07, 6.45) is 10.5. The van der Waals surface area contributed by atoms with Crippen LogP contribution in [0.5, 0.6) is 0 Å². The Labute approximate surface area is 202 Å². The van der Waals surface area contributed by atoms with Crippen molar-refractivity contribution in [3.63, 3.8) is 0 Å². The number of fused-ring (bicyclic) bond motifs is 5. The summed E-state index contributed by atoms with van der Waals surface area (Å²) < 4.78 is 5.09. The van der Waals surface area contributed by atoms with Crippen LogP contribution in [0.2, 0.25) is 0 Å². The summed E-state index contributed by atoms with van der Waals surface area (Å²) >= 11 is 0. The number of aliphatic hydroxyl groups is 2. The number of esters is 1. The summed E-state index contributed by atoms with van der Waals surface area (Å²) in [6.45, 7) is 11.7. The second kappa shape index (κ2) is 9.45. The van der Waals surface area contributed by atoms with E-state index in [9.17, 15) is 15.0 Å². The first-order valence-electron chi connectivity index (χ1n) is 14.0. The fraction of sp³-hybridized carbons (Fsp3) is 0.966. The standard InChI is InChI=1S/C29H50O4/c1-17(2)21(27(32)33-6)8-7-18(3)22-9-10-23-26-24(12-14-29(22,23)5)28(4)13-11-20(30)15-19(28)16-25(26)31/h17-26,30-31H,7-16H2,1-6H3/t18-,19+,20-,21?,22-,23+,24+,25-,26+,28+,29-/m1/s1. The minimum Gasteiger partial charge on any atom is -0.469 e. The summed E-state index contributed by atoms with van der Waals surface area (Å²) in [4.78, 5) is 12.3. The number of hydrogen-bond donors (Lipinski definition) is 2. The molecule has 0 aromatic carbocycles. The largest absolute Gasteiger partial charge is 0.469 e. The smallest absolute Gasteiger partial charge is 0.308 e. The van der Waals surface area contributed by atoms with Gasteiger partial charge in [-0.1, -0.05) is 34.6 Å². The molecule has 4 nitrogen and oxygen atoms in total. The monoisotopic (exact) mass is 462 g/mol. The maximum absolute atomic E-state index is 12.3. The van der Waals surface area contributed by atoms with Crippen molar-refractivity contribution in [3.05, 3.63) is 0 Å². The summed E-state index contributed by atoms with van der Waals surface area (Å²) in [5.41, 5.74) is 0.594. The number of carbonyl (C=O) groups excluding carboxylic acids is 1. The van der Waals surface area contributed by atoms with E-state index < -0.39 is 0 Å². The minimum atomic E-state index is -0.207. The average molecular weight is 463 g/mol. The van der Waals surface area contributed by atoms with Gasteiger partial charge in [0.2, 0.25) is 0 Å². The van der Waals surface area contributed by atoms with Crippen LogP contribution in [0.15, 0.2) is 0 Å². The van der Waals surface area contributed by atoms with Gasteiger partial charge < -0.3 is 14.9 Å². The van der Waals surface area contributed by atoms with Gasteiger partial charge in [0, 0.05) is 0 Å². The molecule has 190 valence electrons. The van der Waals surface area contributed by atoms with E-state index in [1.807, 2.05) is 0 Å². The predicted molar refractivity (Wildman–Crippen MR) is 131 cm³/mol. The van der Waals surface area contributed by atoms with Gasteiger partial charge in [0.05, 0.1) is 25.2 Å². The zero-order valence-electron chi connectivity index (χ0n) is 22.1. The third-order valence-electron chi connectivity index (χ3n) is 11.7. The second-order valence-corrected chi connectivity index (χ2v) is 13.4. The first-order valence-corrected chi connectivity index (χ1v) is 14.0. The van der Waals surface area contributed by atoms with E-state index in [1.165, 1.54) is 32.8 Å². The Morgan fingerprint density at radius 2 is 1.61 bits per heavy atom. The van der Waals surface area contributed by atoms with Crippen molar-refractivity contribution in [1.82, 2.24) is 0 Å². The Hall–Kier alpha value is -0.610. The lowest BCUT2D eigenvalue weighted by molar-refractivity contribution is -0.174. The average Bonchev–Trinajstić information content (AvgIpc) is 3.11. The number of methoxy groups -OCH3 is 1. The topological polar surface area (TPSA) is 66.8 Å². The van der Waals surface area contributed by atoms with Gasteiger partial charge in [-0.2, -0.15) is 0 Å². The van der Waals surface area contributed by atoms with E-state index in [1.54, 1.807) is 0 Å². The molecule has 0 heterocycles. The first kappa shape index (κ1) is 25.5. The van der Waals surface area contributed by atoms with Crippen molar-refractivity contribution in [2.24, 2.45) is 58.2 Å². The Morgan fingerprint density at radius 1 is 0.939 bits per heavy atom. The molecular weight excluding hydrogens is 412 g/mol. The molecule has 4 fully saturated rings. The minimum absolute atomic E-state index is 0.00288. The molecule has 2 N–H and O–H groups in total. The molecule has 1 unspecified atom stereocenters. The zero-order valence-corrected chi connectivity index (χ0v) is 22.1. The lowest BCUT2D eigenvalue weighted by Crippen LogP contribution is -2.58. The first-order chi connectivity index (χ1) is 15.5. The molecule has 11 atom stereocenters. The fourth-order valence-electron chi connectivity index (χ4n) is 9.69. The highest BCUT2D eigenvalue weighted by Crippen LogP contribution is 2.68. The van der Waals surface area contributed by atoms with Gasteiger partial charge in [0.1, 0.15) is 0 Å². The highest BCUT2D eigenvalue weighted by Gasteiger charge is 2.62. The molecule has 0 spiro atoms. The van der Waals surface area contributed by atoms with Gasteiger partial charge in [-0.25, -0.2) is 0 Å². The summed E-state index contributed by atoms with van der Waals surface area (Å²) in [5.74, 6) is 3.65. The second-order valence-electron chi connectivity index (χ2n) is 13.4. The van der Waals surface area contributed by atoms with Crippen LogP contribution in [0.25, 0.3) is 0 Å². The van der Waals surface area contributed by atoms with Crippen LogP contribution in [0, 0.1) is 58.2 Å². The third-order valence-corrected chi connectivity index (χ3v) is 11.7. The van der Waals surface area contributed by atoms with Crippen LogP contribution in [0.1, 0.15) is 98.8 Å². The van der Waals surface area contributed by atoms with Crippen molar-refractivity contribution in [2.75, 3.05) is 7.11 Å². The van der Waals surface area contributed by atoms with E-state index in [4.69, 9.17) is 4.74 Å². The van der Waals surface area contributed by atoms with E-state index >= 15 is 0 Å². The van der Waals surface area contributed by atoms with Crippen LogP contribution in [-0.4, -0.2) is 35.5 Å². The molecule has 33 heavy (non-hydrogen) atoms. The van der Waals surface area contributed by atoms with Crippen LogP contribution >= 0.6 is 0 Å². The number of carbonyl (C=O) groups is 1. The van der Waals surface area contributed by atoms with Crippen LogP contribution in [0.3, 0.4) is 0 Å². The Bertz CT molecular complexity index is 706. The molecule has 0 radical (unpaired) electrons. The Balaban J connectivity index is 1.48. The lowest BCUT2D eigenvalue weighted by atomic mass is 9.43. The van der Waals surface area contributed by atoms with Gasteiger partial charge in [0.25, 0.3) is 0 Å². The maximum Gasteiger partial charge on any atom is 0.308 e. The number of rotatable bonds is 6. The molecule has 4 aliphatic rings. The van der Waals surface area contributed by atoms with Gasteiger partial charge in [0.15, 0.2) is 0 Å². The molecule has 0 aromatic rings. The molecule has 0 saturated heterocycles. The summed E-state index contributed by atoms with van der Waals surface area (Å²) in [5, 5.41) is 21.7. The van der Waals surface area contributed by atoms with Gasteiger partial charge >= 0.3 is 5.97 Å². The molecule has 0 aliphatic heterocycles. The van der Waals surface area contributed by atoms with Crippen molar-refractivity contribution in [1.29, 1.82) is 0 Å². The predicted octanol–water partition coefficient (Wildman–Crippen LogP) is 5.84. The van der Waals surface area contributed by atoms with E-state index in [0.29, 0.717) is 52.3 Å². The van der Waals surface area contributed by atoms with E-state index in [0.717, 1.165) is 38.5 Å². The molecule has 4 aliphatic carbocycles. The number of aliphatic hydroxyl groups excluding tert-OH is 2. The number of hydrogen-bond acceptors (Lipinski definition) is 4. The van der Waals surface area contributed by atoms with E-state index in [-0.39, 0.29) is 24.1 Å². The highest BCUT2D eigenvalue weighted by molar-refractivity contribution is 5.72. The molecular formula is C29H50O4. The molecule has 0 bridgehead atoms. The SMILES string of the molecule is COC(=O)C(CC[C@@H](C)[C@H]1CC[C@H]2[C@@H]3[C@H](O)C[C@@H]4C[C@H](O)CC[C@]4(C)[C@H]3CC[C@]12C)C(C)C. The highest BCUT2D eigenvalue weighted by atomic mass is 16.5. The molecule has 4 saturated carbocycles. The molecule has 4 heteroatoms. The normalized spacial score (nSPS) is 46.8. The number of ether oxygens (including phenoxy) is 1. The van der Waals surface area contributed by atoms with Crippen LogP contribution in [0.4, 0.5) is 0 Å². The van der Waals surface area contributed by atoms with Crippen molar-refractivity contribution in [2.45, 2.75) is 111 Å². The van der Waals surface area contributed by atoms with Crippen molar-refractivity contribution < 1.29 is 19.7 Å². The van der Waals surface area contributed by atoms with Crippen LogP contribution < -0.4 is 0 Å². The van der Waals surface area contributed by atoms with Gasteiger partial charge in [-0.3, -0.25) is 4.79 Å². The van der Waals surface area contributed by atoms with Crippen LogP contribution in [-0.2, 0) is 9.53 Å². The zero-order chi connectivity index (χ0) is 24.1. The maximum atomic E-state index is 12.3. The fourth-order valence-corrected chi connectivity index (χ4v) is 9.69. The van der Waals surface area contributed by atoms with Crippen molar-refractivity contribution >= 4 is 5.97 Å². The third kappa shape index (κ3) is 4.30. The molecule has 4 rings (SSSR count). The van der Waals surface area contributed by atoms with Gasteiger partial charge in [-0.05, 0) is 116 Å². The lowest BCUT2D eigenvalue weighted by Gasteiger charge is -2.62. The Kier molecular flexibility index (Phi) is 7.30. The summed E-state index contributed by atoms with van der Waals surface area (Å²) in [7, 11) is 1.51. The van der Waals surface area contributed by atoms with E-state index in [2.05, 4.69) is 34.6 Å². The summed E-state index contributed by atoms with van der Waals surface area (Å²) in [6, 6.07) is 0. The van der Waals surface area contributed by atoms with Gasteiger partial charge in [-0.15, -0.1) is 0 Å². The molecule has 0 amide bonds. The molecule has 0 aromatic heterocycles. The quantitative estimate of drug-likeness (QED) is 0.487. The van der Waals surface area contributed by atoms with Crippen molar-refractivity contribution in [3.8, 4) is 0 Å².